The van der Waals surface area contributed by atoms with Gasteiger partial charge in [-0.1, -0.05) is 42.5 Å². The second-order valence-electron chi connectivity index (χ2n) is 6.42. The normalized spacial score (nSPS) is 12.7. The summed E-state index contributed by atoms with van der Waals surface area (Å²) >= 11 is 0. The Morgan fingerprint density at radius 2 is 1.69 bits per heavy atom. The van der Waals surface area contributed by atoms with Crippen LogP contribution < -0.4 is 9.47 Å². The van der Waals surface area contributed by atoms with Crippen LogP contribution in [-0.4, -0.2) is 20.0 Å². The molecule has 0 N–H and O–H groups in total. The summed E-state index contributed by atoms with van der Waals surface area (Å²) in [6, 6.07) is 15.9. The monoisotopic (exact) mass is 344 g/mol. The number of aryl methyl sites for hydroxylation is 2. The lowest BCUT2D eigenvalue weighted by molar-refractivity contribution is 0.104. The summed E-state index contributed by atoms with van der Waals surface area (Å²) in [5.74, 6) is 1.33. The lowest BCUT2D eigenvalue weighted by Gasteiger charge is -2.08. The van der Waals surface area contributed by atoms with Gasteiger partial charge in [0.25, 0.3) is 0 Å². The molecule has 0 radical (unpaired) electrons. The van der Waals surface area contributed by atoms with E-state index in [1.54, 1.807) is 20.3 Å². The van der Waals surface area contributed by atoms with Gasteiger partial charge in [0.2, 0.25) is 0 Å². The van der Waals surface area contributed by atoms with Crippen LogP contribution in [0.25, 0.3) is 16.8 Å². The first-order chi connectivity index (χ1) is 12.7. The molecule has 0 heterocycles. The average molecular weight is 344 g/mol. The zero-order chi connectivity index (χ0) is 18.1. The summed E-state index contributed by atoms with van der Waals surface area (Å²) in [7, 11) is 3.20. The molecule has 130 valence electrons. The largest absolute Gasteiger partial charge is 0.493 e. The minimum atomic E-state index is 0.00962. The van der Waals surface area contributed by atoms with Crippen LogP contribution in [0.3, 0.4) is 0 Å². The van der Waals surface area contributed by atoms with Crippen LogP contribution in [0.5, 0.6) is 11.5 Å². The Balaban J connectivity index is 1.67. The minimum absolute atomic E-state index is 0.00962. The van der Waals surface area contributed by atoms with Crippen LogP contribution in [0.2, 0.25) is 0 Å². The van der Waals surface area contributed by atoms with Crippen LogP contribution in [0, 0.1) is 0 Å². The van der Waals surface area contributed by atoms with E-state index < -0.39 is 0 Å². The second kappa shape index (κ2) is 6.68. The first kappa shape index (κ1) is 16.4. The molecule has 0 unspecified atom stereocenters. The fourth-order valence-corrected chi connectivity index (χ4v) is 3.68. The van der Waals surface area contributed by atoms with Crippen molar-refractivity contribution in [3.8, 4) is 11.5 Å². The summed E-state index contributed by atoms with van der Waals surface area (Å²) in [5, 5.41) is 2.32. The number of ketones is 1. The third kappa shape index (κ3) is 2.76. The van der Waals surface area contributed by atoms with Crippen molar-refractivity contribution >= 4 is 22.6 Å². The molecule has 3 heteroatoms. The molecule has 0 aliphatic heterocycles. The van der Waals surface area contributed by atoms with Crippen molar-refractivity contribution < 1.29 is 14.3 Å². The van der Waals surface area contributed by atoms with Gasteiger partial charge >= 0.3 is 0 Å². The van der Waals surface area contributed by atoms with E-state index >= 15 is 0 Å². The fourth-order valence-electron chi connectivity index (χ4n) is 3.68. The molecule has 1 aliphatic rings. The van der Waals surface area contributed by atoms with Gasteiger partial charge in [-0.3, -0.25) is 4.79 Å². The summed E-state index contributed by atoms with van der Waals surface area (Å²) in [6.07, 6.45) is 5.56. The van der Waals surface area contributed by atoms with E-state index in [4.69, 9.17) is 9.47 Å². The Bertz CT molecular complexity index is 1020. The lowest BCUT2D eigenvalue weighted by atomic mass is 9.97. The van der Waals surface area contributed by atoms with Crippen molar-refractivity contribution in [1.82, 2.24) is 0 Å². The third-order valence-corrected chi connectivity index (χ3v) is 4.98. The van der Waals surface area contributed by atoms with Crippen molar-refractivity contribution in [1.29, 1.82) is 0 Å². The van der Waals surface area contributed by atoms with E-state index in [2.05, 4.69) is 12.1 Å². The molecule has 0 spiro atoms. The number of ether oxygens (including phenoxy) is 2. The highest BCUT2D eigenvalue weighted by Crippen LogP contribution is 2.33. The van der Waals surface area contributed by atoms with E-state index in [9.17, 15) is 4.79 Å². The Labute approximate surface area is 152 Å². The average Bonchev–Trinajstić information content (AvgIpc) is 3.11. The van der Waals surface area contributed by atoms with E-state index in [-0.39, 0.29) is 5.78 Å². The number of rotatable bonds is 5. The van der Waals surface area contributed by atoms with Gasteiger partial charge in [-0.05, 0) is 58.5 Å². The Morgan fingerprint density at radius 1 is 0.923 bits per heavy atom. The maximum atomic E-state index is 12.8. The summed E-state index contributed by atoms with van der Waals surface area (Å²) in [6.45, 7) is 0. The van der Waals surface area contributed by atoms with Gasteiger partial charge in [-0.2, -0.15) is 0 Å². The molecule has 4 rings (SSSR count). The molecule has 0 aromatic heterocycles. The highest BCUT2D eigenvalue weighted by molar-refractivity contribution is 6.15. The molecular weight excluding hydrogens is 324 g/mol. The van der Waals surface area contributed by atoms with Crippen LogP contribution >= 0.6 is 0 Å². The molecule has 3 aromatic rings. The third-order valence-electron chi connectivity index (χ3n) is 4.98. The molecule has 0 saturated carbocycles. The van der Waals surface area contributed by atoms with E-state index in [1.165, 1.54) is 16.5 Å². The maximum absolute atomic E-state index is 12.8. The van der Waals surface area contributed by atoms with Crippen molar-refractivity contribution in [3.63, 3.8) is 0 Å². The van der Waals surface area contributed by atoms with Gasteiger partial charge in [0.05, 0.1) is 14.2 Å². The molecule has 3 aromatic carbocycles. The molecule has 1 aliphatic carbocycles. The standard InChI is InChI=1S/C23H20O3/c1-25-21-13-7-15(14-22(21)26-2)6-12-20(24)18-11-10-17-9-8-16-4-3-5-19(18)23(16)17/h3-7,10-14H,8-9H2,1-2H3/b12-6+. The number of carbonyl (C=O) groups excluding carboxylic acids is 1. The summed E-state index contributed by atoms with van der Waals surface area (Å²) in [4.78, 5) is 12.8. The van der Waals surface area contributed by atoms with Gasteiger partial charge in [0.1, 0.15) is 0 Å². The number of methoxy groups -OCH3 is 2. The van der Waals surface area contributed by atoms with Gasteiger partial charge in [-0.25, -0.2) is 0 Å². The highest BCUT2D eigenvalue weighted by Gasteiger charge is 2.17. The topological polar surface area (TPSA) is 35.5 Å². The van der Waals surface area contributed by atoms with Crippen molar-refractivity contribution in [2.45, 2.75) is 12.8 Å². The molecule has 0 bridgehead atoms. The number of carbonyl (C=O) groups is 1. The highest BCUT2D eigenvalue weighted by atomic mass is 16.5. The first-order valence-corrected chi connectivity index (χ1v) is 8.69. The molecule has 0 amide bonds. The number of hydrogen-bond acceptors (Lipinski definition) is 3. The molecular formula is C23H20O3. The Hall–Kier alpha value is -3.07. The quantitative estimate of drug-likeness (QED) is 0.490. The Kier molecular flexibility index (Phi) is 4.21. The van der Waals surface area contributed by atoms with E-state index in [1.807, 2.05) is 42.5 Å². The molecule has 3 nitrogen and oxygen atoms in total. The van der Waals surface area contributed by atoms with E-state index in [0.717, 1.165) is 29.4 Å². The summed E-state index contributed by atoms with van der Waals surface area (Å²) < 4.78 is 10.6. The second-order valence-corrected chi connectivity index (χ2v) is 6.42. The van der Waals surface area contributed by atoms with Crippen LogP contribution in [0.1, 0.15) is 27.0 Å². The molecule has 26 heavy (non-hydrogen) atoms. The Morgan fingerprint density at radius 3 is 2.46 bits per heavy atom. The van der Waals surface area contributed by atoms with Gasteiger partial charge < -0.3 is 9.47 Å². The number of allylic oxidation sites excluding steroid dienone is 1. The number of benzene rings is 3. The number of hydrogen-bond donors (Lipinski definition) is 0. The predicted octanol–water partition coefficient (Wildman–Crippen LogP) is 4.85. The van der Waals surface area contributed by atoms with Crippen LogP contribution in [0.4, 0.5) is 0 Å². The fraction of sp³-hybridized carbons (Fsp3) is 0.174. The van der Waals surface area contributed by atoms with E-state index in [0.29, 0.717) is 11.5 Å². The van der Waals surface area contributed by atoms with Crippen molar-refractivity contribution in [2.24, 2.45) is 0 Å². The molecule has 0 saturated heterocycles. The van der Waals surface area contributed by atoms with Crippen molar-refractivity contribution in [2.75, 3.05) is 14.2 Å². The predicted molar refractivity (Wildman–Crippen MR) is 104 cm³/mol. The summed E-state index contributed by atoms with van der Waals surface area (Å²) in [5.41, 5.74) is 4.33. The zero-order valence-corrected chi connectivity index (χ0v) is 14.9. The van der Waals surface area contributed by atoms with Gasteiger partial charge in [0.15, 0.2) is 17.3 Å². The van der Waals surface area contributed by atoms with Crippen molar-refractivity contribution in [3.05, 3.63) is 76.9 Å². The minimum Gasteiger partial charge on any atom is -0.493 e. The van der Waals surface area contributed by atoms with Crippen LogP contribution in [-0.2, 0) is 12.8 Å². The smallest absolute Gasteiger partial charge is 0.186 e. The molecule has 0 fully saturated rings. The SMILES string of the molecule is COc1ccc(/C=C/C(=O)c2ccc3c4c(cccc24)CC3)cc1OC. The van der Waals surface area contributed by atoms with Gasteiger partial charge in [0, 0.05) is 5.56 Å². The first-order valence-electron chi connectivity index (χ1n) is 8.69. The molecule has 0 atom stereocenters. The van der Waals surface area contributed by atoms with Crippen LogP contribution in [0.15, 0.2) is 54.6 Å². The zero-order valence-electron chi connectivity index (χ0n) is 14.9. The lowest BCUT2D eigenvalue weighted by Crippen LogP contribution is -1.97. The maximum Gasteiger partial charge on any atom is 0.186 e. The van der Waals surface area contributed by atoms with Gasteiger partial charge in [-0.15, -0.1) is 0 Å².